The van der Waals surface area contributed by atoms with Crippen LogP contribution in [0.5, 0.6) is 0 Å². The first-order chi connectivity index (χ1) is 9.03. The third kappa shape index (κ3) is 4.73. The monoisotopic (exact) mass is 303 g/mol. The third-order valence-electron chi connectivity index (χ3n) is 2.77. The average molecular weight is 303 g/mol. The molecular formula is C13H22FN3O2S. The van der Waals surface area contributed by atoms with Crippen LogP contribution in [0.1, 0.15) is 13.8 Å². The average Bonchev–Trinajstić information content (AvgIpc) is 2.29. The summed E-state index contributed by atoms with van der Waals surface area (Å²) in [6.07, 6.45) is 0. The van der Waals surface area contributed by atoms with Gasteiger partial charge in [-0.05, 0) is 37.7 Å². The molecule has 0 saturated carbocycles. The Morgan fingerprint density at radius 1 is 1.35 bits per heavy atom. The first-order valence-corrected chi connectivity index (χ1v) is 7.71. The second kappa shape index (κ2) is 6.07. The van der Waals surface area contributed by atoms with Crippen LogP contribution >= 0.6 is 0 Å². The highest BCUT2D eigenvalue weighted by atomic mass is 32.2. The predicted molar refractivity (Wildman–Crippen MR) is 78.3 cm³/mol. The van der Waals surface area contributed by atoms with E-state index in [9.17, 15) is 12.8 Å². The molecule has 0 saturated heterocycles. The van der Waals surface area contributed by atoms with E-state index < -0.39 is 15.8 Å². The maximum Gasteiger partial charge on any atom is 0.240 e. The van der Waals surface area contributed by atoms with Crippen LogP contribution in [-0.2, 0) is 10.0 Å². The number of sulfonamides is 1. The molecule has 0 unspecified atom stereocenters. The molecule has 0 amide bonds. The van der Waals surface area contributed by atoms with Crippen LogP contribution in [0.4, 0.5) is 10.1 Å². The van der Waals surface area contributed by atoms with Gasteiger partial charge in [0, 0.05) is 13.1 Å². The highest BCUT2D eigenvalue weighted by Crippen LogP contribution is 2.19. The Labute approximate surface area is 120 Å². The summed E-state index contributed by atoms with van der Waals surface area (Å²) in [4.78, 5) is 1.86. The summed E-state index contributed by atoms with van der Waals surface area (Å²) in [5.41, 5.74) is 5.03. The van der Waals surface area contributed by atoms with Gasteiger partial charge in [-0.3, -0.25) is 0 Å². The van der Waals surface area contributed by atoms with Crippen LogP contribution in [0.3, 0.4) is 0 Å². The first-order valence-electron chi connectivity index (χ1n) is 6.23. The largest absolute Gasteiger partial charge is 0.396 e. The van der Waals surface area contributed by atoms with Crippen LogP contribution in [-0.4, -0.2) is 40.5 Å². The molecule has 1 aromatic rings. The molecule has 1 rings (SSSR count). The van der Waals surface area contributed by atoms with Crippen molar-refractivity contribution in [1.82, 2.24) is 9.62 Å². The molecule has 0 radical (unpaired) electrons. The zero-order valence-electron chi connectivity index (χ0n) is 12.3. The minimum Gasteiger partial charge on any atom is -0.396 e. The number of rotatable bonds is 6. The summed E-state index contributed by atoms with van der Waals surface area (Å²) in [7, 11) is 0.112. The van der Waals surface area contributed by atoms with Gasteiger partial charge in [0.25, 0.3) is 0 Å². The summed E-state index contributed by atoms with van der Waals surface area (Å²) in [6, 6.07) is 3.46. The van der Waals surface area contributed by atoms with Gasteiger partial charge in [0.1, 0.15) is 5.82 Å². The molecule has 0 atom stereocenters. The maximum absolute atomic E-state index is 13.3. The second-order valence-corrected chi connectivity index (χ2v) is 7.68. The van der Waals surface area contributed by atoms with E-state index in [4.69, 9.17) is 5.73 Å². The second-order valence-electron chi connectivity index (χ2n) is 5.91. The van der Waals surface area contributed by atoms with Gasteiger partial charge in [-0.1, -0.05) is 13.8 Å². The lowest BCUT2D eigenvalue weighted by molar-refractivity contribution is 0.242. The van der Waals surface area contributed by atoms with Crippen LogP contribution in [0.2, 0.25) is 0 Å². The molecule has 1 aromatic carbocycles. The third-order valence-corrected chi connectivity index (χ3v) is 4.17. The minimum atomic E-state index is -3.73. The predicted octanol–water partition coefficient (Wildman–Crippen LogP) is 1.27. The lowest BCUT2D eigenvalue weighted by Gasteiger charge is -2.28. The molecule has 5 nitrogen and oxygen atoms in total. The number of nitrogens with zero attached hydrogens (tertiary/aromatic N) is 1. The normalized spacial score (nSPS) is 12.9. The van der Waals surface area contributed by atoms with Crippen molar-refractivity contribution in [2.75, 3.05) is 32.9 Å². The van der Waals surface area contributed by atoms with E-state index in [1.54, 1.807) is 0 Å². The van der Waals surface area contributed by atoms with Crippen molar-refractivity contribution < 1.29 is 12.8 Å². The summed E-state index contributed by atoms with van der Waals surface area (Å²) in [5, 5.41) is 0. The lowest BCUT2D eigenvalue weighted by Crippen LogP contribution is -2.39. The number of hydrogen-bond donors (Lipinski definition) is 2. The number of benzene rings is 1. The molecule has 0 aliphatic carbocycles. The topological polar surface area (TPSA) is 75.4 Å². The van der Waals surface area contributed by atoms with E-state index >= 15 is 0 Å². The number of halogens is 1. The quantitative estimate of drug-likeness (QED) is 0.776. The molecule has 7 heteroatoms. The van der Waals surface area contributed by atoms with Gasteiger partial charge >= 0.3 is 0 Å². The van der Waals surface area contributed by atoms with Gasteiger partial charge < -0.3 is 10.6 Å². The van der Waals surface area contributed by atoms with Gasteiger partial charge in [-0.2, -0.15) is 0 Å². The molecule has 0 aliphatic heterocycles. The fraction of sp³-hybridized carbons (Fsp3) is 0.538. The molecular weight excluding hydrogens is 281 g/mol. The van der Waals surface area contributed by atoms with Crippen molar-refractivity contribution in [3.8, 4) is 0 Å². The van der Waals surface area contributed by atoms with E-state index in [1.165, 1.54) is 12.1 Å². The fourth-order valence-electron chi connectivity index (χ4n) is 1.96. The molecule has 0 spiro atoms. The number of hydrogen-bond acceptors (Lipinski definition) is 4. The number of nitrogens with one attached hydrogen (secondary N) is 1. The van der Waals surface area contributed by atoms with E-state index in [-0.39, 0.29) is 22.5 Å². The van der Waals surface area contributed by atoms with E-state index in [0.717, 1.165) is 12.6 Å². The Hall–Kier alpha value is -1.18. The van der Waals surface area contributed by atoms with Crippen molar-refractivity contribution in [2.45, 2.75) is 18.7 Å². The molecule has 0 fully saturated rings. The summed E-state index contributed by atoms with van der Waals surface area (Å²) >= 11 is 0. The van der Waals surface area contributed by atoms with Crippen molar-refractivity contribution in [2.24, 2.45) is 5.41 Å². The first kappa shape index (κ1) is 16.9. The molecule has 0 aromatic heterocycles. The van der Waals surface area contributed by atoms with Gasteiger partial charge in [-0.15, -0.1) is 0 Å². The van der Waals surface area contributed by atoms with Crippen molar-refractivity contribution in [1.29, 1.82) is 0 Å². The SMILES string of the molecule is CN(C)CC(C)(C)CNS(=O)(=O)c1ccc(N)c(F)c1. The molecule has 0 heterocycles. The molecule has 20 heavy (non-hydrogen) atoms. The Bertz CT molecular complexity index is 571. The molecule has 3 N–H and O–H groups in total. The standard InChI is InChI=1S/C13H22FN3O2S/c1-13(2,9-17(3)4)8-16-20(18,19)10-5-6-12(15)11(14)7-10/h5-7,16H,8-9,15H2,1-4H3. The Balaban J connectivity index is 2.82. The lowest BCUT2D eigenvalue weighted by atomic mass is 9.93. The smallest absolute Gasteiger partial charge is 0.240 e. The van der Waals surface area contributed by atoms with Gasteiger partial charge in [0.15, 0.2) is 0 Å². The van der Waals surface area contributed by atoms with Gasteiger partial charge in [0.05, 0.1) is 10.6 Å². The molecule has 114 valence electrons. The van der Waals surface area contributed by atoms with Crippen LogP contribution in [0.15, 0.2) is 23.1 Å². The van der Waals surface area contributed by atoms with Crippen molar-refractivity contribution >= 4 is 15.7 Å². The zero-order chi connectivity index (χ0) is 15.6. The molecule has 0 bridgehead atoms. The zero-order valence-corrected chi connectivity index (χ0v) is 13.1. The highest BCUT2D eigenvalue weighted by Gasteiger charge is 2.23. The molecule has 0 aliphatic rings. The highest BCUT2D eigenvalue weighted by molar-refractivity contribution is 7.89. The summed E-state index contributed by atoms with van der Waals surface area (Å²) in [6.45, 7) is 4.91. The number of nitrogen functional groups attached to an aromatic ring is 1. The van der Waals surface area contributed by atoms with E-state index in [2.05, 4.69) is 4.72 Å². The van der Waals surface area contributed by atoms with Gasteiger partial charge in [0.2, 0.25) is 10.0 Å². The van der Waals surface area contributed by atoms with Crippen molar-refractivity contribution in [3.63, 3.8) is 0 Å². The van der Waals surface area contributed by atoms with Crippen LogP contribution in [0, 0.1) is 11.2 Å². The van der Waals surface area contributed by atoms with Gasteiger partial charge in [-0.25, -0.2) is 17.5 Å². The minimum absolute atomic E-state index is 0.0723. The van der Waals surface area contributed by atoms with Crippen molar-refractivity contribution in [3.05, 3.63) is 24.0 Å². The summed E-state index contributed by atoms with van der Waals surface area (Å²) < 4.78 is 40.0. The number of nitrogens with two attached hydrogens (primary N) is 1. The van der Waals surface area contributed by atoms with Crippen LogP contribution in [0.25, 0.3) is 0 Å². The van der Waals surface area contributed by atoms with E-state index in [0.29, 0.717) is 0 Å². The van der Waals surface area contributed by atoms with Crippen LogP contribution < -0.4 is 10.5 Å². The fourth-order valence-corrected chi connectivity index (χ4v) is 3.21. The summed E-state index contributed by atoms with van der Waals surface area (Å²) in [5.74, 6) is -0.736. The Morgan fingerprint density at radius 3 is 2.45 bits per heavy atom. The number of anilines is 1. The Morgan fingerprint density at radius 2 is 1.95 bits per heavy atom. The maximum atomic E-state index is 13.3. The Kier molecular flexibility index (Phi) is 5.12. The van der Waals surface area contributed by atoms with E-state index in [1.807, 2.05) is 32.8 Å².